The summed E-state index contributed by atoms with van der Waals surface area (Å²) in [5.74, 6) is 0.743. The zero-order chi connectivity index (χ0) is 14.5. The van der Waals surface area contributed by atoms with E-state index in [1.165, 1.54) is 10.6 Å². The first kappa shape index (κ1) is 16.3. The summed E-state index contributed by atoms with van der Waals surface area (Å²) in [4.78, 5) is -0.194. The number of hydrogen-bond acceptors (Lipinski definition) is 5. The maximum absolute atomic E-state index is 12.2. The highest BCUT2D eigenvalue weighted by Crippen LogP contribution is 2.49. The Morgan fingerprint density at radius 3 is 2.52 bits per heavy atom. The molecule has 1 aromatic carbocycles. The van der Waals surface area contributed by atoms with Crippen LogP contribution in [0.4, 0.5) is 11.4 Å². The highest BCUT2D eigenvalue weighted by Gasteiger charge is 2.40. The fourth-order valence-corrected chi connectivity index (χ4v) is 4.56. The molecule has 0 saturated carbocycles. The molecule has 3 rings (SSSR count). The fourth-order valence-electron chi connectivity index (χ4n) is 2.54. The Labute approximate surface area is 138 Å². The summed E-state index contributed by atoms with van der Waals surface area (Å²) in [5, 5.41) is 6.36. The third-order valence-electron chi connectivity index (χ3n) is 3.32. The molecule has 0 bridgehead atoms. The summed E-state index contributed by atoms with van der Waals surface area (Å²) in [5.41, 5.74) is 8.49. The van der Waals surface area contributed by atoms with Gasteiger partial charge in [-0.2, -0.15) is 0 Å². The van der Waals surface area contributed by atoms with E-state index in [4.69, 9.17) is 5.73 Å². The SMILES string of the molecule is CS(=O)(=O)N1C(=C2NCCN2)C(Br)c2ccc(N)cc21.Cl. The molecule has 6 nitrogen and oxygen atoms in total. The first-order chi connectivity index (χ1) is 9.39. The Morgan fingerprint density at radius 1 is 1.33 bits per heavy atom. The Morgan fingerprint density at radius 2 is 1.95 bits per heavy atom. The van der Waals surface area contributed by atoms with E-state index in [1.54, 1.807) is 12.1 Å². The molecule has 1 aromatic rings. The third-order valence-corrected chi connectivity index (χ3v) is 5.31. The monoisotopic (exact) mass is 394 g/mol. The number of nitrogens with zero attached hydrogens (tertiary/aromatic N) is 1. The van der Waals surface area contributed by atoms with Gasteiger partial charge in [-0.25, -0.2) is 12.7 Å². The Balaban J connectivity index is 0.00000161. The number of halogens is 2. The van der Waals surface area contributed by atoms with Crippen molar-refractivity contribution < 1.29 is 8.42 Å². The molecule has 21 heavy (non-hydrogen) atoms. The highest BCUT2D eigenvalue weighted by atomic mass is 79.9. The predicted molar refractivity (Wildman–Crippen MR) is 90.1 cm³/mol. The molecular formula is C12H16BrClN4O2S. The van der Waals surface area contributed by atoms with Crippen molar-refractivity contribution in [3.8, 4) is 0 Å². The number of anilines is 2. The van der Waals surface area contributed by atoms with E-state index < -0.39 is 10.0 Å². The van der Waals surface area contributed by atoms with Gasteiger partial charge in [-0.1, -0.05) is 22.0 Å². The van der Waals surface area contributed by atoms with Crippen LogP contribution in [0.3, 0.4) is 0 Å². The quantitative estimate of drug-likeness (QED) is 0.492. The molecule has 2 aliphatic rings. The van der Waals surface area contributed by atoms with Crippen LogP contribution in [0.25, 0.3) is 0 Å². The summed E-state index contributed by atoms with van der Waals surface area (Å²) in [7, 11) is -3.44. The number of rotatable bonds is 1. The molecular weight excluding hydrogens is 380 g/mol. The van der Waals surface area contributed by atoms with Crippen molar-refractivity contribution in [2.75, 3.05) is 29.4 Å². The largest absolute Gasteiger partial charge is 0.399 e. The average molecular weight is 396 g/mol. The van der Waals surface area contributed by atoms with Gasteiger partial charge in [0.2, 0.25) is 10.0 Å². The molecule has 0 aliphatic carbocycles. The van der Waals surface area contributed by atoms with Gasteiger partial charge in [-0.05, 0) is 17.7 Å². The summed E-state index contributed by atoms with van der Waals surface area (Å²) >= 11 is 3.59. The van der Waals surface area contributed by atoms with Gasteiger partial charge in [0.25, 0.3) is 0 Å². The molecule has 2 heterocycles. The zero-order valence-electron chi connectivity index (χ0n) is 11.3. The lowest BCUT2D eigenvalue weighted by atomic mass is 10.1. The van der Waals surface area contributed by atoms with Gasteiger partial charge in [0, 0.05) is 18.8 Å². The minimum absolute atomic E-state index is 0. The minimum Gasteiger partial charge on any atom is -0.399 e. The van der Waals surface area contributed by atoms with Crippen LogP contribution in [0.1, 0.15) is 10.4 Å². The van der Waals surface area contributed by atoms with Gasteiger partial charge < -0.3 is 16.4 Å². The van der Waals surface area contributed by atoms with Crippen molar-refractivity contribution in [3.05, 3.63) is 35.3 Å². The van der Waals surface area contributed by atoms with Crippen molar-refractivity contribution >= 4 is 49.7 Å². The van der Waals surface area contributed by atoms with Crippen LogP contribution >= 0.6 is 28.3 Å². The Bertz CT molecular complexity index is 699. The summed E-state index contributed by atoms with van der Waals surface area (Å²) < 4.78 is 25.7. The van der Waals surface area contributed by atoms with Crippen molar-refractivity contribution in [3.63, 3.8) is 0 Å². The Kier molecular flexibility index (Phi) is 4.32. The van der Waals surface area contributed by atoms with E-state index in [2.05, 4.69) is 26.6 Å². The van der Waals surface area contributed by atoms with Gasteiger partial charge in [-0.3, -0.25) is 0 Å². The van der Waals surface area contributed by atoms with E-state index in [9.17, 15) is 8.42 Å². The highest BCUT2D eigenvalue weighted by molar-refractivity contribution is 9.09. The molecule has 4 N–H and O–H groups in total. The number of fused-ring (bicyclic) bond motifs is 1. The van der Waals surface area contributed by atoms with E-state index in [1.807, 2.05) is 6.07 Å². The van der Waals surface area contributed by atoms with Crippen molar-refractivity contribution in [2.45, 2.75) is 4.83 Å². The van der Waals surface area contributed by atoms with Gasteiger partial charge >= 0.3 is 0 Å². The van der Waals surface area contributed by atoms with Crippen LogP contribution in [0, 0.1) is 0 Å². The molecule has 1 saturated heterocycles. The Hall–Kier alpha value is -1.12. The summed E-state index contributed by atoms with van der Waals surface area (Å²) in [6, 6.07) is 5.31. The third kappa shape index (κ3) is 2.67. The zero-order valence-corrected chi connectivity index (χ0v) is 14.5. The number of hydrogen-bond donors (Lipinski definition) is 3. The average Bonchev–Trinajstić information content (AvgIpc) is 2.94. The first-order valence-corrected chi connectivity index (χ1v) is 8.91. The smallest absolute Gasteiger partial charge is 0.236 e. The number of benzene rings is 1. The normalized spacial score (nSPS) is 20.7. The standard InChI is InChI=1S/C12H15BrN4O2S.ClH/c1-20(18,19)17-9-6-7(14)2-3-8(9)10(13)11(17)12-15-4-5-16-12;/h2-3,6,10,15-16H,4-5,14H2,1H3;1H. The number of sulfonamides is 1. The van der Waals surface area contributed by atoms with Gasteiger partial charge in [0.05, 0.1) is 22.5 Å². The maximum atomic E-state index is 12.2. The van der Waals surface area contributed by atoms with E-state index in [0.717, 1.165) is 24.5 Å². The van der Waals surface area contributed by atoms with Gasteiger partial charge in [0.15, 0.2) is 0 Å². The van der Waals surface area contributed by atoms with Crippen molar-refractivity contribution in [2.24, 2.45) is 0 Å². The van der Waals surface area contributed by atoms with Crippen molar-refractivity contribution in [1.82, 2.24) is 10.6 Å². The lowest BCUT2D eigenvalue weighted by molar-refractivity contribution is 0.600. The molecule has 0 radical (unpaired) electrons. The molecule has 2 aliphatic heterocycles. The second kappa shape index (κ2) is 5.58. The van der Waals surface area contributed by atoms with E-state index in [0.29, 0.717) is 17.1 Å². The predicted octanol–water partition coefficient (Wildman–Crippen LogP) is 1.27. The molecule has 1 unspecified atom stereocenters. The molecule has 0 amide bonds. The van der Waals surface area contributed by atoms with Crippen LogP contribution in [-0.2, 0) is 10.0 Å². The summed E-state index contributed by atoms with van der Waals surface area (Å²) in [6.45, 7) is 1.54. The van der Waals surface area contributed by atoms with Crippen LogP contribution < -0.4 is 20.7 Å². The second-order valence-corrected chi connectivity index (χ2v) is 7.57. The lowest BCUT2D eigenvalue weighted by Gasteiger charge is -2.21. The molecule has 116 valence electrons. The van der Waals surface area contributed by atoms with E-state index >= 15 is 0 Å². The lowest BCUT2D eigenvalue weighted by Crippen LogP contribution is -2.31. The first-order valence-electron chi connectivity index (χ1n) is 6.15. The van der Waals surface area contributed by atoms with Crippen LogP contribution in [0.5, 0.6) is 0 Å². The maximum Gasteiger partial charge on any atom is 0.236 e. The molecule has 0 aromatic heterocycles. The molecule has 0 spiro atoms. The topological polar surface area (TPSA) is 87.5 Å². The number of alkyl halides is 1. The van der Waals surface area contributed by atoms with Crippen LogP contribution in [0.2, 0.25) is 0 Å². The number of nitrogens with two attached hydrogens (primary N) is 1. The van der Waals surface area contributed by atoms with Crippen molar-refractivity contribution in [1.29, 1.82) is 0 Å². The number of nitrogen functional groups attached to an aromatic ring is 1. The number of allylic oxidation sites excluding steroid dienone is 1. The second-order valence-electron chi connectivity index (χ2n) is 4.82. The fraction of sp³-hybridized carbons (Fsp3) is 0.333. The van der Waals surface area contributed by atoms with Crippen LogP contribution in [-0.4, -0.2) is 27.8 Å². The summed E-state index contributed by atoms with van der Waals surface area (Å²) in [6.07, 6.45) is 1.19. The van der Waals surface area contributed by atoms with Gasteiger partial charge in [-0.15, -0.1) is 12.4 Å². The number of nitrogens with one attached hydrogen (secondary N) is 2. The van der Waals surface area contributed by atoms with Gasteiger partial charge in [0.1, 0.15) is 5.82 Å². The molecule has 1 atom stereocenters. The molecule has 1 fully saturated rings. The molecule has 9 heteroatoms. The van der Waals surface area contributed by atoms with E-state index in [-0.39, 0.29) is 17.2 Å². The minimum atomic E-state index is -3.44. The van der Waals surface area contributed by atoms with Crippen LogP contribution in [0.15, 0.2) is 29.7 Å².